The van der Waals surface area contributed by atoms with Gasteiger partial charge in [-0.05, 0) is 68.5 Å². The molecule has 11 nitrogen and oxygen atoms in total. The number of nitrogens with zero attached hydrogens (tertiary/aromatic N) is 3. The SMILES string of the molecule is CC(CO)Nc1nc(Nc2cccc([S-](=N)=O)c2)ncc1-c1ccc(NC(=O)Nc2cc(CN(C)C)cc(C(F)(F)F)c2)cc1. The number of carbonyl (C=O) groups is 1. The molecule has 0 aliphatic carbocycles. The number of carbonyl (C=O) groups excluding carboxylic acids is 1. The fraction of sp³-hybridized carbons (Fsp3) is 0.233. The van der Waals surface area contributed by atoms with E-state index in [0.29, 0.717) is 38.8 Å². The average Bonchev–Trinajstić information content (AvgIpc) is 2.97. The topological polar surface area (TPSA) is 155 Å². The molecule has 1 unspecified atom stereocenters. The molecule has 1 atom stereocenters. The number of halogens is 3. The van der Waals surface area contributed by atoms with Gasteiger partial charge in [0.2, 0.25) is 5.95 Å². The fourth-order valence-corrected chi connectivity index (χ4v) is 4.71. The van der Waals surface area contributed by atoms with Gasteiger partial charge in [-0.25, -0.2) is 9.78 Å². The number of benzene rings is 3. The normalized spacial score (nSPS) is 12.2. The van der Waals surface area contributed by atoms with Crippen molar-refractivity contribution in [3.05, 3.63) is 84.1 Å². The van der Waals surface area contributed by atoms with E-state index in [1.165, 1.54) is 6.07 Å². The van der Waals surface area contributed by atoms with Crippen LogP contribution in [0.5, 0.6) is 0 Å². The van der Waals surface area contributed by atoms with Crippen LogP contribution in [0.3, 0.4) is 0 Å². The zero-order chi connectivity index (χ0) is 32.7. The summed E-state index contributed by atoms with van der Waals surface area (Å²) in [5.74, 6) is 0.628. The predicted molar refractivity (Wildman–Crippen MR) is 168 cm³/mol. The van der Waals surface area contributed by atoms with E-state index in [1.807, 2.05) is 0 Å². The van der Waals surface area contributed by atoms with Crippen molar-refractivity contribution >= 4 is 45.5 Å². The largest absolute Gasteiger partial charge is 0.440 e. The molecule has 0 aliphatic rings. The van der Waals surface area contributed by atoms with E-state index >= 15 is 0 Å². The number of hydrogen-bond acceptors (Lipinski definition) is 10. The lowest BCUT2D eigenvalue weighted by atomic mass is 10.1. The number of aliphatic hydroxyl groups is 1. The quantitative estimate of drug-likeness (QED) is 0.102. The monoisotopic (exact) mass is 641 g/mol. The molecule has 0 aliphatic heterocycles. The van der Waals surface area contributed by atoms with E-state index in [0.717, 1.165) is 12.1 Å². The molecule has 0 spiro atoms. The number of aromatic nitrogens is 2. The third kappa shape index (κ3) is 9.38. The number of aliphatic hydroxyl groups excluding tert-OH is 1. The van der Waals surface area contributed by atoms with E-state index in [-0.39, 0.29) is 30.8 Å². The van der Waals surface area contributed by atoms with Gasteiger partial charge in [-0.3, -0.25) is 0 Å². The van der Waals surface area contributed by atoms with Crippen LogP contribution in [0.25, 0.3) is 11.1 Å². The maximum Gasteiger partial charge on any atom is 0.416 e. The highest BCUT2D eigenvalue weighted by molar-refractivity contribution is 7.73. The second kappa shape index (κ2) is 14.4. The first kappa shape index (κ1) is 33.2. The summed E-state index contributed by atoms with van der Waals surface area (Å²) in [5.41, 5.74) is 1.75. The molecule has 0 fully saturated rings. The third-order valence-electron chi connectivity index (χ3n) is 6.28. The minimum absolute atomic E-state index is 0.00930. The number of rotatable bonds is 11. The van der Waals surface area contributed by atoms with E-state index < -0.39 is 28.4 Å². The molecule has 0 saturated heterocycles. The molecule has 2 amide bonds. The second-order valence-corrected chi connectivity index (χ2v) is 11.4. The lowest BCUT2D eigenvalue weighted by Crippen LogP contribution is -2.21. The highest BCUT2D eigenvalue weighted by Crippen LogP contribution is 2.33. The number of amides is 2. The van der Waals surface area contributed by atoms with Crippen LogP contribution in [-0.4, -0.2) is 52.7 Å². The van der Waals surface area contributed by atoms with Gasteiger partial charge in [0, 0.05) is 41.4 Å². The van der Waals surface area contributed by atoms with Crippen LogP contribution >= 0.6 is 0 Å². The van der Waals surface area contributed by atoms with Crippen molar-refractivity contribution in [1.29, 1.82) is 4.78 Å². The van der Waals surface area contributed by atoms with Crippen LogP contribution in [-0.2, 0) is 27.5 Å². The predicted octanol–water partition coefficient (Wildman–Crippen LogP) is 6.49. The minimum atomic E-state index is -4.57. The van der Waals surface area contributed by atoms with Gasteiger partial charge in [-0.1, -0.05) is 35.2 Å². The number of nitrogens with one attached hydrogen (secondary N) is 5. The lowest BCUT2D eigenvalue weighted by Gasteiger charge is -2.17. The van der Waals surface area contributed by atoms with Crippen molar-refractivity contribution in [2.24, 2.45) is 0 Å². The first-order valence-electron chi connectivity index (χ1n) is 13.6. The summed E-state index contributed by atoms with van der Waals surface area (Å²) in [6.45, 7) is 1.87. The number of urea groups is 1. The van der Waals surface area contributed by atoms with Gasteiger partial charge in [-0.15, -0.1) is 0 Å². The maximum absolute atomic E-state index is 13.4. The molecule has 1 aromatic heterocycles. The Labute approximate surface area is 259 Å². The Hall–Kier alpha value is -4.73. The summed E-state index contributed by atoms with van der Waals surface area (Å²) in [7, 11) is 1.56. The first-order chi connectivity index (χ1) is 21.3. The van der Waals surface area contributed by atoms with Crippen molar-refractivity contribution in [2.75, 3.05) is 42.0 Å². The van der Waals surface area contributed by atoms with Crippen LogP contribution in [0.1, 0.15) is 18.1 Å². The molecule has 238 valence electrons. The summed E-state index contributed by atoms with van der Waals surface area (Å²) in [4.78, 5) is 23.6. The van der Waals surface area contributed by atoms with Crippen molar-refractivity contribution in [3.8, 4) is 11.1 Å². The Morgan fingerprint density at radius 3 is 2.38 bits per heavy atom. The summed E-state index contributed by atoms with van der Waals surface area (Å²) >= 11 is 0. The Morgan fingerprint density at radius 1 is 1.02 bits per heavy atom. The van der Waals surface area contributed by atoms with Crippen LogP contribution in [0.2, 0.25) is 0 Å². The van der Waals surface area contributed by atoms with Crippen molar-refractivity contribution in [2.45, 2.75) is 30.6 Å². The molecule has 3 aromatic carbocycles. The molecule has 15 heteroatoms. The standard InChI is InChI=1S/C30H32F3N8O3S/c1-18(17-42)36-27-26(15-35-28(40-27)37-23-5-4-6-25(14-23)45(34)44)20-7-9-22(10-8-20)38-29(43)39-24-12-19(16-41(2)3)11-21(13-24)30(31,32)33/h4-15,18,34,42H,16-17H2,1-3H3,(H2,38,39,43)(H2,35,36,37,40)/q-1. The molecule has 6 N–H and O–H groups in total. The van der Waals surface area contributed by atoms with E-state index in [2.05, 4.69) is 31.2 Å². The molecule has 0 saturated carbocycles. The number of hydrogen-bond donors (Lipinski definition) is 6. The van der Waals surface area contributed by atoms with Gasteiger partial charge in [0.05, 0.1) is 12.2 Å². The smallest absolute Gasteiger partial charge is 0.416 e. The number of anilines is 5. The van der Waals surface area contributed by atoms with E-state index in [1.54, 1.807) is 80.6 Å². The molecule has 4 aromatic rings. The Balaban J connectivity index is 1.52. The Bertz CT molecular complexity index is 1720. The second-order valence-electron chi connectivity index (χ2n) is 10.4. The van der Waals surface area contributed by atoms with Gasteiger partial charge < -0.3 is 40.3 Å². The van der Waals surface area contributed by atoms with Gasteiger partial charge in [0.15, 0.2) is 0 Å². The summed E-state index contributed by atoms with van der Waals surface area (Å²) in [6.07, 6.45) is -3.00. The zero-order valence-corrected chi connectivity index (χ0v) is 25.4. The molecule has 4 rings (SSSR count). The van der Waals surface area contributed by atoms with Crippen molar-refractivity contribution < 1.29 is 27.3 Å². The number of alkyl halides is 3. The summed E-state index contributed by atoms with van der Waals surface area (Å²) < 4.78 is 59.3. The van der Waals surface area contributed by atoms with Crippen LogP contribution in [0, 0.1) is 4.78 Å². The summed E-state index contributed by atoms with van der Waals surface area (Å²) in [6, 6.07) is 15.5. The summed E-state index contributed by atoms with van der Waals surface area (Å²) in [5, 5.41) is 20.9. The molecule has 0 radical (unpaired) electrons. The minimum Gasteiger partial charge on any atom is -0.440 e. The molecule has 45 heavy (non-hydrogen) atoms. The first-order valence-corrected chi connectivity index (χ1v) is 14.7. The highest BCUT2D eigenvalue weighted by Gasteiger charge is 2.31. The van der Waals surface area contributed by atoms with Crippen LogP contribution in [0.15, 0.2) is 77.8 Å². The zero-order valence-electron chi connectivity index (χ0n) is 24.6. The fourth-order valence-electron chi connectivity index (χ4n) is 4.27. The Kier molecular flexibility index (Phi) is 10.6. The van der Waals surface area contributed by atoms with Gasteiger partial charge >= 0.3 is 12.2 Å². The average molecular weight is 642 g/mol. The van der Waals surface area contributed by atoms with E-state index in [9.17, 15) is 27.3 Å². The van der Waals surface area contributed by atoms with Crippen LogP contribution < -0.4 is 21.3 Å². The van der Waals surface area contributed by atoms with Gasteiger partial charge in [0.25, 0.3) is 0 Å². The van der Waals surface area contributed by atoms with Gasteiger partial charge in [0.1, 0.15) is 5.82 Å². The molecule has 0 bridgehead atoms. The van der Waals surface area contributed by atoms with Gasteiger partial charge in [-0.2, -0.15) is 28.8 Å². The lowest BCUT2D eigenvalue weighted by molar-refractivity contribution is -0.137. The van der Waals surface area contributed by atoms with Crippen molar-refractivity contribution in [1.82, 2.24) is 14.9 Å². The maximum atomic E-state index is 13.4. The Morgan fingerprint density at radius 2 is 1.73 bits per heavy atom. The molecule has 1 heterocycles. The van der Waals surface area contributed by atoms with Crippen LogP contribution in [0.4, 0.5) is 46.8 Å². The molecular weight excluding hydrogens is 609 g/mol. The van der Waals surface area contributed by atoms with Crippen molar-refractivity contribution in [3.63, 3.8) is 0 Å². The molecular formula is C30H32F3N8O3S-. The van der Waals surface area contributed by atoms with E-state index in [4.69, 9.17) is 4.78 Å². The third-order valence-corrected chi connectivity index (χ3v) is 6.96. The highest BCUT2D eigenvalue weighted by atomic mass is 32.2.